The molecule has 0 amide bonds. The molecule has 0 atom stereocenters. The summed E-state index contributed by atoms with van der Waals surface area (Å²) in [5, 5.41) is 2.56. The molecule has 0 aliphatic heterocycles. The molecule has 0 radical (unpaired) electrons. The van der Waals surface area contributed by atoms with Crippen LogP contribution < -0.4 is 5.32 Å². The summed E-state index contributed by atoms with van der Waals surface area (Å²) in [7, 11) is 0. The van der Waals surface area contributed by atoms with E-state index in [-0.39, 0.29) is 16.9 Å². The number of aldehydes is 1. The number of benzene rings is 2. The molecule has 2 nitrogen and oxygen atoms in total. The van der Waals surface area contributed by atoms with Gasteiger partial charge in [-0.3, -0.25) is 4.79 Å². The molecule has 1 N–H and O–H groups in total. The van der Waals surface area contributed by atoms with Crippen LogP contribution in [0.1, 0.15) is 15.9 Å². The summed E-state index contributed by atoms with van der Waals surface area (Å²) in [4.78, 5) is 10.8. The van der Waals surface area contributed by atoms with Gasteiger partial charge in [-0.05, 0) is 30.3 Å². The van der Waals surface area contributed by atoms with Gasteiger partial charge in [0.2, 0.25) is 0 Å². The highest BCUT2D eigenvalue weighted by molar-refractivity contribution is 5.86. The minimum absolute atomic E-state index is 0.0383. The molecule has 0 saturated heterocycles. The van der Waals surface area contributed by atoms with E-state index in [1.165, 1.54) is 0 Å². The second-order valence-corrected chi connectivity index (χ2v) is 4.17. The van der Waals surface area contributed by atoms with Gasteiger partial charge >= 0.3 is 6.18 Å². The van der Waals surface area contributed by atoms with E-state index < -0.39 is 23.4 Å². The van der Waals surface area contributed by atoms with Crippen molar-refractivity contribution in [3.8, 4) is 0 Å². The summed E-state index contributed by atoms with van der Waals surface area (Å²) in [6.07, 6.45) is -4.15. The molecule has 0 bridgehead atoms. The van der Waals surface area contributed by atoms with Crippen molar-refractivity contribution in [1.29, 1.82) is 0 Å². The predicted octanol–water partition coefficient (Wildman–Crippen LogP) is 4.54. The Kier molecular flexibility index (Phi) is 3.93. The lowest BCUT2D eigenvalue weighted by Crippen LogP contribution is -2.04. The van der Waals surface area contributed by atoms with Crippen molar-refractivity contribution < 1.29 is 26.7 Å². The van der Waals surface area contributed by atoms with E-state index in [2.05, 4.69) is 5.32 Å². The maximum absolute atomic E-state index is 13.1. The summed E-state index contributed by atoms with van der Waals surface area (Å²) >= 11 is 0. The number of rotatable bonds is 3. The zero-order chi connectivity index (χ0) is 15.6. The van der Waals surface area contributed by atoms with Crippen molar-refractivity contribution in [3.63, 3.8) is 0 Å². The SMILES string of the molecule is O=Cc1cc(F)c(F)cc1Nc1ccc(C(F)(F)F)cc1. The van der Waals surface area contributed by atoms with E-state index in [1.54, 1.807) is 0 Å². The highest BCUT2D eigenvalue weighted by Gasteiger charge is 2.29. The van der Waals surface area contributed by atoms with Gasteiger partial charge in [0.1, 0.15) is 0 Å². The van der Waals surface area contributed by atoms with Crippen molar-refractivity contribution in [2.75, 3.05) is 5.32 Å². The van der Waals surface area contributed by atoms with Gasteiger partial charge in [-0.25, -0.2) is 8.78 Å². The lowest BCUT2D eigenvalue weighted by molar-refractivity contribution is -0.137. The summed E-state index contributed by atoms with van der Waals surface area (Å²) in [5.41, 5.74) is -0.816. The van der Waals surface area contributed by atoms with E-state index >= 15 is 0 Å². The van der Waals surface area contributed by atoms with Crippen molar-refractivity contribution >= 4 is 17.7 Å². The number of carbonyl (C=O) groups excluding carboxylic acids is 1. The van der Waals surface area contributed by atoms with Crippen LogP contribution in [0.15, 0.2) is 36.4 Å². The van der Waals surface area contributed by atoms with Crippen LogP contribution in [-0.4, -0.2) is 6.29 Å². The van der Waals surface area contributed by atoms with Gasteiger partial charge in [-0.1, -0.05) is 0 Å². The lowest BCUT2D eigenvalue weighted by Gasteiger charge is -2.11. The number of carbonyl (C=O) groups is 1. The van der Waals surface area contributed by atoms with Crippen LogP contribution in [0.4, 0.5) is 33.3 Å². The molecule has 2 aromatic carbocycles. The largest absolute Gasteiger partial charge is 0.416 e. The van der Waals surface area contributed by atoms with E-state index in [9.17, 15) is 26.7 Å². The molecule has 0 aliphatic carbocycles. The van der Waals surface area contributed by atoms with Crippen LogP contribution in [0.3, 0.4) is 0 Å². The molecule has 7 heteroatoms. The minimum Gasteiger partial charge on any atom is -0.355 e. The van der Waals surface area contributed by atoms with E-state index in [4.69, 9.17) is 0 Å². The van der Waals surface area contributed by atoms with Gasteiger partial charge < -0.3 is 5.32 Å². The smallest absolute Gasteiger partial charge is 0.355 e. The highest BCUT2D eigenvalue weighted by atomic mass is 19.4. The first-order valence-corrected chi connectivity index (χ1v) is 5.70. The Morgan fingerprint density at radius 3 is 2.05 bits per heavy atom. The third kappa shape index (κ3) is 3.36. The first-order chi connectivity index (χ1) is 9.81. The van der Waals surface area contributed by atoms with Gasteiger partial charge in [0.25, 0.3) is 0 Å². The average Bonchev–Trinajstić information content (AvgIpc) is 2.42. The molecule has 0 unspecified atom stereocenters. The fourth-order valence-corrected chi connectivity index (χ4v) is 1.67. The Bertz CT molecular complexity index is 664. The zero-order valence-corrected chi connectivity index (χ0v) is 10.3. The maximum Gasteiger partial charge on any atom is 0.416 e. The molecule has 2 rings (SSSR count). The summed E-state index contributed by atoms with van der Waals surface area (Å²) in [6.45, 7) is 0. The Hall–Kier alpha value is -2.44. The molecule has 110 valence electrons. The monoisotopic (exact) mass is 301 g/mol. The molecule has 0 aromatic heterocycles. The Balaban J connectivity index is 2.30. The fraction of sp³-hybridized carbons (Fsp3) is 0.0714. The molecule has 0 aliphatic rings. The van der Waals surface area contributed by atoms with Gasteiger partial charge in [0.15, 0.2) is 17.9 Å². The summed E-state index contributed by atoms with van der Waals surface area (Å²) in [6, 6.07) is 5.38. The standard InChI is InChI=1S/C14H8F5NO/c15-11-5-8(7-21)13(6-12(11)16)20-10-3-1-9(2-4-10)14(17,18)19/h1-7,20H. The number of hydrogen-bond acceptors (Lipinski definition) is 2. The molecule has 0 saturated carbocycles. The van der Waals surface area contributed by atoms with Crippen LogP contribution in [0.2, 0.25) is 0 Å². The lowest BCUT2D eigenvalue weighted by atomic mass is 10.1. The molecule has 2 aromatic rings. The fourth-order valence-electron chi connectivity index (χ4n) is 1.67. The summed E-state index contributed by atoms with van der Waals surface area (Å²) < 4.78 is 63.3. The van der Waals surface area contributed by atoms with Gasteiger partial charge in [0.05, 0.1) is 11.3 Å². The second kappa shape index (κ2) is 5.51. The van der Waals surface area contributed by atoms with Crippen LogP contribution in [-0.2, 0) is 6.18 Å². The average molecular weight is 301 g/mol. The topological polar surface area (TPSA) is 29.1 Å². The molecular weight excluding hydrogens is 293 g/mol. The number of halogens is 5. The van der Waals surface area contributed by atoms with Crippen molar-refractivity contribution in [2.24, 2.45) is 0 Å². The number of nitrogens with one attached hydrogen (secondary N) is 1. The van der Waals surface area contributed by atoms with Crippen molar-refractivity contribution in [1.82, 2.24) is 0 Å². The van der Waals surface area contributed by atoms with Crippen molar-refractivity contribution in [2.45, 2.75) is 6.18 Å². The third-order valence-electron chi connectivity index (χ3n) is 2.71. The molecule has 0 heterocycles. The van der Waals surface area contributed by atoms with Crippen molar-refractivity contribution in [3.05, 3.63) is 59.2 Å². The second-order valence-electron chi connectivity index (χ2n) is 4.17. The van der Waals surface area contributed by atoms with Crippen LogP contribution in [0, 0.1) is 11.6 Å². The molecule has 0 spiro atoms. The minimum atomic E-state index is -4.46. The first kappa shape index (κ1) is 15.0. The quantitative estimate of drug-likeness (QED) is 0.666. The number of anilines is 2. The first-order valence-electron chi connectivity index (χ1n) is 5.70. The van der Waals surface area contributed by atoms with Gasteiger partial charge in [0, 0.05) is 17.3 Å². The Labute approximate surface area is 116 Å². The zero-order valence-electron chi connectivity index (χ0n) is 10.3. The Morgan fingerprint density at radius 2 is 1.52 bits per heavy atom. The highest BCUT2D eigenvalue weighted by Crippen LogP contribution is 2.30. The van der Waals surface area contributed by atoms with Gasteiger partial charge in [-0.15, -0.1) is 0 Å². The molecular formula is C14H8F5NO. The van der Waals surface area contributed by atoms with E-state index in [1.807, 2.05) is 0 Å². The van der Waals surface area contributed by atoms with E-state index in [0.717, 1.165) is 30.3 Å². The van der Waals surface area contributed by atoms with Crippen LogP contribution in [0.5, 0.6) is 0 Å². The Morgan fingerprint density at radius 1 is 0.952 bits per heavy atom. The third-order valence-corrected chi connectivity index (χ3v) is 2.71. The number of hydrogen-bond donors (Lipinski definition) is 1. The summed E-state index contributed by atoms with van der Waals surface area (Å²) in [5.74, 6) is -2.36. The van der Waals surface area contributed by atoms with Gasteiger partial charge in [-0.2, -0.15) is 13.2 Å². The number of alkyl halides is 3. The maximum atomic E-state index is 13.1. The van der Waals surface area contributed by atoms with E-state index in [0.29, 0.717) is 12.4 Å². The van der Waals surface area contributed by atoms with Crippen LogP contribution in [0.25, 0.3) is 0 Å². The van der Waals surface area contributed by atoms with Crippen LogP contribution >= 0.6 is 0 Å². The predicted molar refractivity (Wildman–Crippen MR) is 66.5 cm³/mol. The molecule has 21 heavy (non-hydrogen) atoms. The molecule has 0 fully saturated rings. The normalized spacial score (nSPS) is 11.3.